The smallest absolute Gasteiger partial charge is 0.340 e. The van der Waals surface area contributed by atoms with E-state index in [2.05, 4.69) is 91.7 Å². The Morgan fingerprint density at radius 1 is 0.359 bits per heavy atom. The monoisotopic (exact) mass is 2020 g/mol. The van der Waals surface area contributed by atoms with Crippen LogP contribution < -0.4 is 38.5 Å². The molecule has 8 heterocycles. The van der Waals surface area contributed by atoms with Gasteiger partial charge in [-0.15, -0.1) is 0 Å². The molecule has 142 heavy (non-hydrogen) atoms. The average molecular weight is 2020 g/mol. The van der Waals surface area contributed by atoms with Crippen LogP contribution in [0.1, 0.15) is 251 Å². The van der Waals surface area contributed by atoms with Gasteiger partial charge < -0.3 is 38.5 Å². The van der Waals surface area contributed by atoms with Crippen LogP contribution in [0.15, 0.2) is 133 Å². The summed E-state index contributed by atoms with van der Waals surface area (Å²) in [7, 11) is -15.1. The van der Waals surface area contributed by atoms with Gasteiger partial charge in [-0.05, 0) is 181 Å². The van der Waals surface area contributed by atoms with E-state index in [-0.39, 0.29) is 113 Å². The number of benzene rings is 4. The molecule has 0 spiro atoms. The van der Waals surface area contributed by atoms with Crippen molar-refractivity contribution in [3.8, 4) is 24.3 Å². The maximum atomic E-state index is 12.7. The molecule has 1 aliphatic carbocycles. The molecule has 4 aliphatic heterocycles. The lowest BCUT2D eigenvalue weighted by atomic mass is 9.84. The number of carbonyl (C=O) groups excluding carboxylic acids is 8. The zero-order valence-electron chi connectivity index (χ0n) is 81.9. The second kappa shape index (κ2) is 50.5. The molecule has 36 nitrogen and oxygen atoms in total. The molecule has 8 aromatic rings. The molecule has 5 fully saturated rings. The molecule has 0 radical (unpaired) electrons. The Morgan fingerprint density at radius 2 is 0.627 bits per heavy atom. The van der Waals surface area contributed by atoms with E-state index in [4.69, 9.17) is 18.9 Å². The van der Waals surface area contributed by atoms with Crippen molar-refractivity contribution < 1.29 is 91.0 Å². The van der Waals surface area contributed by atoms with Gasteiger partial charge in [-0.1, -0.05) is 157 Å². The topological polar surface area (TPSA) is 518 Å². The normalized spacial score (nSPS) is 15.8. The summed E-state index contributed by atoms with van der Waals surface area (Å²) < 4.78 is 129. The van der Waals surface area contributed by atoms with E-state index in [1.165, 1.54) is 24.3 Å². The highest BCUT2D eigenvalue weighted by molar-refractivity contribution is 7.90. The molecule has 0 unspecified atom stereocenters. The van der Waals surface area contributed by atoms with Crippen molar-refractivity contribution >= 4 is 111 Å². The highest BCUT2D eigenvalue weighted by atomic mass is 32.2. The van der Waals surface area contributed by atoms with Crippen LogP contribution in [0.2, 0.25) is 0 Å². The number of hydrogen-bond donors (Lipinski definition) is 4. The number of nitrogens with one attached hydrogen (secondary N) is 4. The minimum Gasteiger partial charge on any atom is -0.462 e. The van der Waals surface area contributed by atoms with Gasteiger partial charge in [-0.25, -0.2) is 72.8 Å². The van der Waals surface area contributed by atoms with Crippen LogP contribution in [0.5, 0.6) is 0 Å². The Kier molecular flexibility index (Phi) is 39.2. The molecule has 0 atom stereocenters. The molecule has 4 aromatic heterocycles. The summed E-state index contributed by atoms with van der Waals surface area (Å²) in [4.78, 5) is 125. The van der Waals surface area contributed by atoms with Crippen molar-refractivity contribution in [1.29, 1.82) is 21.0 Å². The molecule has 0 bridgehead atoms. The number of hydrogen-bond acceptors (Lipinski definition) is 32. The number of aryl methyl sites for hydroxylation is 4. The van der Waals surface area contributed by atoms with Gasteiger partial charge in [0.15, 0.2) is 0 Å². The van der Waals surface area contributed by atoms with Gasteiger partial charge in [0.2, 0.25) is 63.7 Å². The van der Waals surface area contributed by atoms with Gasteiger partial charge in [0.25, 0.3) is 0 Å². The number of nitriles is 4. The summed E-state index contributed by atoms with van der Waals surface area (Å²) in [5.74, 6) is -3.86. The van der Waals surface area contributed by atoms with E-state index in [0.717, 1.165) is 42.4 Å². The standard InChI is InChI=1S/C28H28N4O5S.C26H32N4O5S.C24H28N4O5S.C24H34N4O5S/c1-20-25(28(34)37-18-21-8-4-2-5-9-21)16-24(17-29)26(30-20)32-14-12-23(13-15-32)27(33)31-38(35,36)19-22-10-6-3-7-11-22;1-5-35-26(32)23-14-22(15-27)24(28-18(23)4)30-12-10-21(11-13-30)25(31)29-36(33,34)16-19-6-8-20(9-7-19)17(2)3;1-5-33-24(30)21-10-19(11-25)22(26-16(21)4)28-12-20(13-28)23(29)27-34(31,32)14-17-6-8-18(9-7-17)15(2)3;1-4-33-24(30)21-13-20(14-25)22(26-17(21)3)28-11-9-19(10-12-28)23(29)27-34(31,32)15-18-7-5-16(2)6-8-18/h2-11,16,23H,12-15,18-19H2,1H3,(H,31,33);6-9,14,17,21H,5,10-13,16H2,1-4H3,(H,29,31);6-10,15,20H,5,12-14H2,1-4H3,(H,27,29);13,16,18-19H,4-12,15H2,1-3H3,(H,27,29). The molecule has 4 N–H and O–H groups in total. The number of aromatic nitrogens is 4. The Hall–Kier alpha value is -13.8. The van der Waals surface area contributed by atoms with Gasteiger partial charge >= 0.3 is 23.9 Å². The summed E-state index contributed by atoms with van der Waals surface area (Å²) in [6.45, 7) is 26.0. The van der Waals surface area contributed by atoms with Crippen molar-refractivity contribution in [3.05, 3.63) is 234 Å². The van der Waals surface area contributed by atoms with Gasteiger partial charge in [0.1, 0.15) is 54.2 Å². The summed E-state index contributed by atoms with van der Waals surface area (Å²) in [6.07, 6.45) is 6.37. The first kappa shape index (κ1) is 110. The maximum absolute atomic E-state index is 12.7. The molecule has 4 saturated heterocycles. The lowest BCUT2D eigenvalue weighted by Gasteiger charge is -2.39. The van der Waals surface area contributed by atoms with E-state index < -0.39 is 111 Å². The fourth-order valence-corrected chi connectivity index (χ4v) is 22.0. The minimum absolute atomic E-state index is 0.00580. The Labute approximate surface area is 830 Å². The first-order chi connectivity index (χ1) is 67.5. The third-order valence-corrected chi connectivity index (χ3v) is 30.1. The number of ether oxygens (including phenoxy) is 4. The van der Waals surface area contributed by atoms with Crippen LogP contribution >= 0.6 is 0 Å². The molecule has 5 aliphatic rings. The van der Waals surface area contributed by atoms with E-state index >= 15 is 0 Å². The number of carbonyl (C=O) groups is 8. The molecular weight excluding hydrogens is 1900 g/mol. The summed E-state index contributed by atoms with van der Waals surface area (Å²) in [5, 5.41) is 38.4. The number of pyridine rings is 4. The Morgan fingerprint density at radius 3 is 0.915 bits per heavy atom. The van der Waals surface area contributed by atoms with Gasteiger partial charge in [-0.2, -0.15) is 21.0 Å². The third-order valence-electron chi connectivity index (χ3n) is 25.0. The number of nitrogens with zero attached hydrogens (tertiary/aromatic N) is 12. The van der Waals surface area contributed by atoms with E-state index in [0.29, 0.717) is 158 Å². The van der Waals surface area contributed by atoms with E-state index in [1.807, 2.05) is 75.4 Å². The van der Waals surface area contributed by atoms with Crippen molar-refractivity contribution in [2.45, 2.75) is 183 Å². The molecule has 754 valence electrons. The lowest BCUT2D eigenvalue weighted by molar-refractivity contribution is -0.124. The van der Waals surface area contributed by atoms with Crippen molar-refractivity contribution in [2.24, 2.45) is 35.5 Å². The van der Waals surface area contributed by atoms with Crippen LogP contribution in [-0.4, -0.2) is 179 Å². The fraction of sp³-hybridized carbons (Fsp3) is 0.451. The molecular formula is C102H122N16O20S4. The zero-order valence-corrected chi connectivity index (χ0v) is 85.1. The van der Waals surface area contributed by atoms with Crippen molar-refractivity contribution in [2.75, 3.05) is 97.5 Å². The van der Waals surface area contributed by atoms with Gasteiger partial charge in [0.05, 0.1) is 116 Å². The highest BCUT2D eigenvalue weighted by Crippen LogP contribution is 2.35. The van der Waals surface area contributed by atoms with E-state index in [9.17, 15) is 93.1 Å². The molecule has 4 aromatic carbocycles. The van der Waals surface area contributed by atoms with Crippen LogP contribution in [0.25, 0.3) is 0 Å². The third kappa shape index (κ3) is 31.1. The number of rotatable bonds is 31. The number of sulfonamides is 4. The zero-order chi connectivity index (χ0) is 104. The SMILES string of the molecule is CCOC(=O)c1cc(C#N)c(N2CC(C(=O)NS(=O)(=O)Cc3ccc(C(C)C)cc3)C2)nc1C.CCOC(=O)c1cc(C#N)c(N2CCC(C(=O)NS(=O)(=O)CC3CCC(C)CC3)CC2)nc1C.CCOC(=O)c1cc(C#N)c(N2CCC(C(=O)NS(=O)(=O)Cc3ccc(C(C)C)cc3)CC2)nc1C.Cc1nc(N2CCC(C(=O)NS(=O)(=O)Cc3ccccc3)CC2)c(C#N)cc1C(=O)OCc1ccccc1. The van der Waals surface area contributed by atoms with Crippen LogP contribution in [0.3, 0.4) is 0 Å². The minimum atomic E-state index is -3.85. The van der Waals surface area contributed by atoms with Crippen LogP contribution in [0, 0.1) is 109 Å². The van der Waals surface area contributed by atoms with Crippen molar-refractivity contribution in [1.82, 2.24) is 38.8 Å². The second-order valence-corrected chi connectivity index (χ2v) is 43.3. The summed E-state index contributed by atoms with van der Waals surface area (Å²) in [6, 6.07) is 46.8. The number of amides is 4. The van der Waals surface area contributed by atoms with Gasteiger partial charge in [0, 0.05) is 70.1 Å². The first-order valence-corrected chi connectivity index (χ1v) is 53.9. The predicted molar refractivity (Wildman–Crippen MR) is 532 cm³/mol. The van der Waals surface area contributed by atoms with Crippen LogP contribution in [0.4, 0.5) is 23.3 Å². The largest absolute Gasteiger partial charge is 0.462 e. The predicted octanol–water partition coefficient (Wildman–Crippen LogP) is 12.5. The first-order valence-electron chi connectivity index (χ1n) is 47.3. The van der Waals surface area contributed by atoms with Gasteiger partial charge in [-0.3, -0.25) is 38.1 Å². The number of piperidine rings is 3. The average Bonchev–Trinajstić information content (AvgIpc) is 0.762. The van der Waals surface area contributed by atoms with Crippen molar-refractivity contribution in [3.63, 3.8) is 0 Å². The number of esters is 4. The molecule has 4 amide bonds. The molecule has 1 saturated carbocycles. The fourth-order valence-electron chi connectivity index (χ4n) is 16.9. The summed E-state index contributed by atoms with van der Waals surface area (Å²) in [5.41, 5.74) is 8.52. The quantitative estimate of drug-likeness (QED) is 0.0231. The summed E-state index contributed by atoms with van der Waals surface area (Å²) >= 11 is 0. The maximum Gasteiger partial charge on any atom is 0.340 e. The molecule has 40 heteroatoms. The second-order valence-electron chi connectivity index (χ2n) is 36.4. The Bertz CT molecular complexity index is 6550. The number of anilines is 4. The highest BCUT2D eigenvalue weighted by Gasteiger charge is 2.39. The van der Waals surface area contributed by atoms with E-state index in [1.54, 1.807) is 108 Å². The van der Waals surface area contributed by atoms with Crippen LogP contribution in [-0.2, 0) is 102 Å². The Balaban J connectivity index is 0.000000195. The molecule has 13 rings (SSSR count). The lowest BCUT2D eigenvalue weighted by Crippen LogP contribution is -2.55.